The molecule has 1 aromatic heterocycles. The average molecular weight is 323 g/mol. The second-order valence-corrected chi connectivity index (χ2v) is 4.94. The monoisotopic (exact) mass is 323 g/mol. The standard InChI is InChI=1S/C16H13N5O3/c22-14(17-13-8-4-7-12(9-13)16(23)24)10-21-19-15(18-20-21)11-5-2-1-3-6-11/h1-9H,10H2,(H,17,22)(H,23,24). The minimum absolute atomic E-state index is 0.0954. The first-order valence-electron chi connectivity index (χ1n) is 7.08. The first-order chi connectivity index (χ1) is 11.6. The Morgan fingerprint density at radius 1 is 1.08 bits per heavy atom. The zero-order valence-electron chi connectivity index (χ0n) is 12.5. The van der Waals surface area contributed by atoms with Crippen LogP contribution in [0.15, 0.2) is 54.6 Å². The minimum atomic E-state index is -1.06. The Morgan fingerprint density at radius 2 is 1.88 bits per heavy atom. The van der Waals surface area contributed by atoms with Crippen LogP contribution in [0.4, 0.5) is 5.69 Å². The van der Waals surface area contributed by atoms with Gasteiger partial charge in [0.05, 0.1) is 5.56 Å². The summed E-state index contributed by atoms with van der Waals surface area (Å²) >= 11 is 0. The number of carboxylic acid groups (broad SMARTS) is 1. The molecule has 1 amide bonds. The van der Waals surface area contributed by atoms with Gasteiger partial charge in [-0.2, -0.15) is 4.80 Å². The number of carbonyl (C=O) groups excluding carboxylic acids is 1. The van der Waals surface area contributed by atoms with E-state index in [9.17, 15) is 9.59 Å². The Balaban J connectivity index is 1.66. The van der Waals surface area contributed by atoms with Crippen LogP contribution < -0.4 is 5.32 Å². The average Bonchev–Trinajstić information content (AvgIpc) is 3.04. The fourth-order valence-corrected chi connectivity index (χ4v) is 2.07. The Kier molecular flexibility index (Phi) is 4.28. The van der Waals surface area contributed by atoms with Crippen molar-refractivity contribution in [2.75, 3.05) is 5.32 Å². The largest absolute Gasteiger partial charge is 0.478 e. The van der Waals surface area contributed by atoms with E-state index in [2.05, 4.69) is 20.7 Å². The number of nitrogens with one attached hydrogen (secondary N) is 1. The van der Waals surface area contributed by atoms with Gasteiger partial charge in [0, 0.05) is 11.3 Å². The molecule has 0 spiro atoms. The number of nitrogens with zero attached hydrogens (tertiary/aromatic N) is 4. The summed E-state index contributed by atoms with van der Waals surface area (Å²) < 4.78 is 0. The summed E-state index contributed by atoms with van der Waals surface area (Å²) in [5.74, 6) is -1.01. The molecule has 0 fully saturated rings. The molecule has 8 nitrogen and oxygen atoms in total. The van der Waals surface area contributed by atoms with Crippen molar-refractivity contribution in [3.8, 4) is 11.4 Å². The first-order valence-corrected chi connectivity index (χ1v) is 7.08. The number of hydrogen-bond donors (Lipinski definition) is 2. The number of aromatic carboxylic acids is 1. The van der Waals surface area contributed by atoms with Gasteiger partial charge >= 0.3 is 5.97 Å². The molecule has 0 radical (unpaired) electrons. The molecule has 0 aliphatic rings. The van der Waals surface area contributed by atoms with Gasteiger partial charge in [0.15, 0.2) is 0 Å². The lowest BCUT2D eigenvalue weighted by Crippen LogP contribution is -2.20. The highest BCUT2D eigenvalue weighted by atomic mass is 16.4. The minimum Gasteiger partial charge on any atom is -0.478 e. The normalized spacial score (nSPS) is 10.3. The summed E-state index contributed by atoms with van der Waals surface area (Å²) in [6.07, 6.45) is 0. The summed E-state index contributed by atoms with van der Waals surface area (Å²) in [6, 6.07) is 15.3. The van der Waals surface area contributed by atoms with Crippen LogP contribution in [0.25, 0.3) is 11.4 Å². The third-order valence-corrected chi connectivity index (χ3v) is 3.16. The quantitative estimate of drug-likeness (QED) is 0.739. The zero-order chi connectivity index (χ0) is 16.9. The van der Waals surface area contributed by atoms with Crippen LogP contribution in [0, 0.1) is 0 Å². The summed E-state index contributed by atoms with van der Waals surface area (Å²) in [5.41, 5.74) is 1.29. The third-order valence-electron chi connectivity index (χ3n) is 3.16. The van der Waals surface area contributed by atoms with Gasteiger partial charge in [-0.3, -0.25) is 4.79 Å². The topological polar surface area (TPSA) is 110 Å². The van der Waals surface area contributed by atoms with Crippen LogP contribution >= 0.6 is 0 Å². The molecule has 0 saturated heterocycles. The lowest BCUT2D eigenvalue weighted by molar-refractivity contribution is -0.117. The zero-order valence-corrected chi connectivity index (χ0v) is 12.5. The molecule has 120 valence electrons. The number of carbonyl (C=O) groups is 2. The molecule has 0 aliphatic carbocycles. The lowest BCUT2D eigenvalue weighted by atomic mass is 10.2. The van der Waals surface area contributed by atoms with Crippen molar-refractivity contribution in [1.29, 1.82) is 0 Å². The van der Waals surface area contributed by atoms with E-state index in [1.165, 1.54) is 16.9 Å². The van der Waals surface area contributed by atoms with Crippen molar-refractivity contribution >= 4 is 17.6 Å². The fourth-order valence-electron chi connectivity index (χ4n) is 2.07. The highest BCUT2D eigenvalue weighted by Gasteiger charge is 2.10. The fraction of sp³-hybridized carbons (Fsp3) is 0.0625. The van der Waals surface area contributed by atoms with Crippen molar-refractivity contribution in [2.45, 2.75) is 6.54 Å². The van der Waals surface area contributed by atoms with E-state index in [1.807, 2.05) is 30.3 Å². The molecule has 3 rings (SSSR count). The number of benzene rings is 2. The van der Waals surface area contributed by atoms with E-state index in [4.69, 9.17) is 5.11 Å². The van der Waals surface area contributed by atoms with Crippen LogP contribution in [0.3, 0.4) is 0 Å². The van der Waals surface area contributed by atoms with E-state index in [0.29, 0.717) is 11.5 Å². The lowest BCUT2D eigenvalue weighted by Gasteiger charge is -2.05. The molecule has 0 saturated carbocycles. The van der Waals surface area contributed by atoms with Crippen molar-refractivity contribution < 1.29 is 14.7 Å². The molecule has 2 N–H and O–H groups in total. The molecule has 1 heterocycles. The van der Waals surface area contributed by atoms with E-state index in [1.54, 1.807) is 12.1 Å². The number of hydrogen-bond acceptors (Lipinski definition) is 5. The van der Waals surface area contributed by atoms with Crippen molar-refractivity contribution in [1.82, 2.24) is 20.2 Å². The number of amides is 1. The number of rotatable bonds is 5. The predicted octanol–water partition coefficient (Wildman–Crippen LogP) is 1.68. The molecule has 0 unspecified atom stereocenters. The maximum atomic E-state index is 12.0. The Hall–Kier alpha value is -3.55. The van der Waals surface area contributed by atoms with Gasteiger partial charge in [-0.1, -0.05) is 36.4 Å². The summed E-state index contributed by atoms with van der Waals surface area (Å²) in [5, 5.41) is 23.4. The first kappa shape index (κ1) is 15.3. The number of anilines is 1. The molecule has 24 heavy (non-hydrogen) atoms. The van der Waals surface area contributed by atoms with Crippen LogP contribution in [-0.2, 0) is 11.3 Å². The number of tetrazole rings is 1. The van der Waals surface area contributed by atoms with Crippen LogP contribution in [0.1, 0.15) is 10.4 Å². The number of aromatic nitrogens is 4. The molecule has 8 heteroatoms. The second-order valence-electron chi connectivity index (χ2n) is 4.94. The third kappa shape index (κ3) is 3.61. The van der Waals surface area contributed by atoms with Crippen LogP contribution in [-0.4, -0.2) is 37.2 Å². The van der Waals surface area contributed by atoms with Crippen molar-refractivity contribution in [3.05, 3.63) is 60.2 Å². The van der Waals surface area contributed by atoms with Gasteiger partial charge in [-0.05, 0) is 23.4 Å². The highest BCUT2D eigenvalue weighted by Crippen LogP contribution is 2.12. The van der Waals surface area contributed by atoms with E-state index in [-0.39, 0.29) is 18.0 Å². The van der Waals surface area contributed by atoms with Gasteiger partial charge in [0.1, 0.15) is 6.54 Å². The van der Waals surface area contributed by atoms with Gasteiger partial charge in [0.25, 0.3) is 0 Å². The van der Waals surface area contributed by atoms with Gasteiger partial charge < -0.3 is 10.4 Å². The molecular formula is C16H13N5O3. The number of carboxylic acids is 1. The smallest absolute Gasteiger partial charge is 0.335 e. The summed E-state index contributed by atoms with van der Waals surface area (Å²) in [4.78, 5) is 24.1. The van der Waals surface area contributed by atoms with Crippen molar-refractivity contribution in [3.63, 3.8) is 0 Å². The highest BCUT2D eigenvalue weighted by molar-refractivity contribution is 5.93. The maximum absolute atomic E-state index is 12.0. The molecular weight excluding hydrogens is 310 g/mol. The predicted molar refractivity (Wildman–Crippen MR) is 85.3 cm³/mol. The summed E-state index contributed by atoms with van der Waals surface area (Å²) in [6.45, 7) is -0.128. The van der Waals surface area contributed by atoms with E-state index >= 15 is 0 Å². The van der Waals surface area contributed by atoms with Crippen LogP contribution in [0.2, 0.25) is 0 Å². The van der Waals surface area contributed by atoms with Crippen LogP contribution in [0.5, 0.6) is 0 Å². The van der Waals surface area contributed by atoms with Gasteiger partial charge in [-0.25, -0.2) is 4.79 Å². The Bertz CT molecular complexity index is 876. The molecule has 2 aromatic carbocycles. The maximum Gasteiger partial charge on any atom is 0.335 e. The van der Waals surface area contributed by atoms with Gasteiger partial charge in [-0.15, -0.1) is 10.2 Å². The molecule has 0 atom stereocenters. The second kappa shape index (κ2) is 6.69. The summed E-state index contributed by atoms with van der Waals surface area (Å²) in [7, 11) is 0. The molecule has 0 aliphatic heterocycles. The van der Waals surface area contributed by atoms with E-state index in [0.717, 1.165) is 5.56 Å². The molecule has 0 bridgehead atoms. The van der Waals surface area contributed by atoms with Crippen molar-refractivity contribution in [2.24, 2.45) is 0 Å². The van der Waals surface area contributed by atoms with Gasteiger partial charge in [0.2, 0.25) is 11.7 Å². The Labute approximate surface area is 136 Å². The van der Waals surface area contributed by atoms with E-state index < -0.39 is 5.97 Å². The molecule has 3 aromatic rings. The Morgan fingerprint density at radius 3 is 2.62 bits per heavy atom. The SMILES string of the molecule is O=C(Cn1nnc(-c2ccccc2)n1)Nc1cccc(C(=O)O)c1.